The van der Waals surface area contributed by atoms with E-state index in [0.717, 1.165) is 47.4 Å². The van der Waals surface area contributed by atoms with Crippen LogP contribution in [0.5, 0.6) is 0 Å². The first-order valence-corrected chi connectivity index (χ1v) is 11.8. The van der Waals surface area contributed by atoms with Gasteiger partial charge in [-0.2, -0.15) is 0 Å². The van der Waals surface area contributed by atoms with E-state index in [1.165, 1.54) is 0 Å². The number of carbonyl (C=O) groups is 2. The second kappa shape index (κ2) is 8.31. The monoisotopic (exact) mass is 430 g/mol. The Morgan fingerprint density at radius 3 is 2.45 bits per heavy atom. The van der Waals surface area contributed by atoms with Gasteiger partial charge in [0.25, 0.3) is 5.91 Å². The Morgan fingerprint density at radius 1 is 1.00 bits per heavy atom. The van der Waals surface area contributed by atoms with Crippen LogP contribution in [-0.2, 0) is 4.79 Å². The van der Waals surface area contributed by atoms with Crippen LogP contribution in [0.2, 0.25) is 0 Å². The number of anilines is 1. The average molecular weight is 431 g/mol. The van der Waals surface area contributed by atoms with Crippen molar-refractivity contribution in [3.63, 3.8) is 0 Å². The summed E-state index contributed by atoms with van der Waals surface area (Å²) in [6.07, 6.45) is 4.27. The van der Waals surface area contributed by atoms with Crippen molar-refractivity contribution in [2.24, 2.45) is 0 Å². The summed E-state index contributed by atoms with van der Waals surface area (Å²) in [6.45, 7) is 2.03. The third kappa shape index (κ3) is 3.68. The van der Waals surface area contributed by atoms with Crippen molar-refractivity contribution in [3.8, 4) is 0 Å². The van der Waals surface area contributed by atoms with Crippen LogP contribution >= 0.6 is 11.3 Å². The average Bonchev–Trinajstić information content (AvgIpc) is 3.49. The third-order valence-corrected chi connectivity index (χ3v) is 7.47. The summed E-state index contributed by atoms with van der Waals surface area (Å²) in [6, 6.07) is 19.5. The van der Waals surface area contributed by atoms with Gasteiger partial charge in [0.2, 0.25) is 5.91 Å². The normalized spacial score (nSPS) is 21.2. The molecule has 1 aliphatic carbocycles. The number of thiophene rings is 1. The zero-order valence-electron chi connectivity index (χ0n) is 17.6. The number of hydrogen-bond donors (Lipinski definition) is 1. The number of nitrogens with one attached hydrogen (secondary N) is 1. The fourth-order valence-electron chi connectivity index (χ4n) is 5.04. The van der Waals surface area contributed by atoms with Gasteiger partial charge >= 0.3 is 0 Å². The molecule has 3 aromatic rings. The lowest BCUT2D eigenvalue weighted by atomic mass is 9.80. The van der Waals surface area contributed by atoms with E-state index < -0.39 is 5.92 Å². The molecular weight excluding hydrogens is 404 g/mol. The summed E-state index contributed by atoms with van der Waals surface area (Å²) in [5.41, 5.74) is 3.41. The molecule has 5 heteroatoms. The molecule has 4 nitrogen and oxygen atoms in total. The highest BCUT2D eigenvalue weighted by atomic mass is 32.1. The standard InChI is InChI=1S/C26H26N2O2S/c1-17-12-14-18(15-13-17)27-25(29)23-20-9-4-5-10-21(20)26(30)28(19-7-2-3-8-19)24(23)22-11-6-16-31-22/h4-6,9-16,19,23-24H,2-3,7-8H2,1H3,(H,27,29). The minimum atomic E-state index is -0.450. The molecular formula is C26H26N2O2S. The molecule has 5 rings (SSSR count). The molecule has 0 bridgehead atoms. The van der Waals surface area contributed by atoms with Crippen LogP contribution < -0.4 is 5.32 Å². The molecule has 158 valence electrons. The summed E-state index contributed by atoms with van der Waals surface area (Å²) in [5, 5.41) is 5.16. The van der Waals surface area contributed by atoms with Crippen molar-refractivity contribution >= 4 is 28.8 Å². The molecule has 0 saturated heterocycles. The lowest BCUT2D eigenvalue weighted by Crippen LogP contribution is -2.49. The molecule has 2 aromatic carbocycles. The maximum atomic E-state index is 13.7. The van der Waals surface area contributed by atoms with E-state index in [2.05, 4.69) is 11.4 Å². The number of carbonyl (C=O) groups excluding carboxylic acids is 2. The summed E-state index contributed by atoms with van der Waals surface area (Å²) < 4.78 is 0. The Kier molecular flexibility index (Phi) is 5.36. The molecule has 1 aromatic heterocycles. The van der Waals surface area contributed by atoms with Gasteiger partial charge in [-0.05, 0) is 55.0 Å². The van der Waals surface area contributed by atoms with Gasteiger partial charge in [-0.25, -0.2) is 0 Å². The minimum Gasteiger partial charge on any atom is -0.327 e. The largest absolute Gasteiger partial charge is 0.327 e. The predicted molar refractivity (Wildman–Crippen MR) is 124 cm³/mol. The smallest absolute Gasteiger partial charge is 0.254 e. The van der Waals surface area contributed by atoms with Crippen molar-refractivity contribution in [1.82, 2.24) is 4.90 Å². The van der Waals surface area contributed by atoms with Gasteiger partial charge in [-0.3, -0.25) is 9.59 Å². The number of rotatable bonds is 4. The number of amides is 2. The molecule has 1 saturated carbocycles. The molecule has 2 heterocycles. The van der Waals surface area contributed by atoms with Crippen molar-refractivity contribution in [1.29, 1.82) is 0 Å². The van der Waals surface area contributed by atoms with Crippen molar-refractivity contribution in [2.75, 3.05) is 5.32 Å². The van der Waals surface area contributed by atoms with Gasteiger partial charge < -0.3 is 10.2 Å². The van der Waals surface area contributed by atoms with Gasteiger partial charge in [0.15, 0.2) is 0 Å². The molecule has 31 heavy (non-hydrogen) atoms. The van der Waals surface area contributed by atoms with E-state index >= 15 is 0 Å². The minimum absolute atomic E-state index is 0.0558. The van der Waals surface area contributed by atoms with E-state index in [1.807, 2.05) is 71.8 Å². The lowest BCUT2D eigenvalue weighted by molar-refractivity contribution is -0.119. The first-order valence-electron chi connectivity index (χ1n) is 11.0. The second-order valence-electron chi connectivity index (χ2n) is 8.53. The first kappa shape index (κ1) is 20.0. The Labute approximate surface area is 186 Å². The highest BCUT2D eigenvalue weighted by Gasteiger charge is 2.47. The molecule has 1 N–H and O–H groups in total. The van der Waals surface area contributed by atoms with Crippen LogP contribution in [0.25, 0.3) is 0 Å². The Morgan fingerprint density at radius 2 is 1.74 bits per heavy atom. The van der Waals surface area contributed by atoms with Crippen LogP contribution in [0, 0.1) is 6.92 Å². The zero-order chi connectivity index (χ0) is 21.4. The van der Waals surface area contributed by atoms with Crippen molar-refractivity contribution in [2.45, 2.75) is 50.6 Å². The highest BCUT2D eigenvalue weighted by molar-refractivity contribution is 7.10. The molecule has 2 atom stereocenters. The van der Waals surface area contributed by atoms with Crippen LogP contribution in [0.15, 0.2) is 66.0 Å². The Hall–Kier alpha value is -2.92. The molecule has 1 fully saturated rings. The second-order valence-corrected chi connectivity index (χ2v) is 9.51. The molecule has 1 aliphatic heterocycles. The first-order chi connectivity index (χ1) is 15.1. The van der Waals surface area contributed by atoms with Gasteiger partial charge in [0.05, 0.1) is 12.0 Å². The van der Waals surface area contributed by atoms with Crippen LogP contribution in [-0.4, -0.2) is 22.8 Å². The summed E-state index contributed by atoms with van der Waals surface area (Å²) in [7, 11) is 0. The molecule has 2 unspecified atom stereocenters. The maximum Gasteiger partial charge on any atom is 0.254 e. The SMILES string of the molecule is Cc1ccc(NC(=O)C2c3ccccc3C(=O)N(C3CCCC3)C2c2cccs2)cc1. The summed E-state index contributed by atoms with van der Waals surface area (Å²) in [5.74, 6) is -0.458. The molecule has 2 amide bonds. The van der Waals surface area contributed by atoms with Crippen molar-refractivity contribution in [3.05, 3.63) is 87.6 Å². The highest BCUT2D eigenvalue weighted by Crippen LogP contribution is 2.47. The molecule has 0 spiro atoms. The van der Waals surface area contributed by atoms with Gasteiger partial charge in [-0.1, -0.05) is 54.8 Å². The predicted octanol–water partition coefficient (Wildman–Crippen LogP) is 5.92. The van der Waals surface area contributed by atoms with E-state index in [1.54, 1.807) is 11.3 Å². The maximum absolute atomic E-state index is 13.7. The third-order valence-electron chi connectivity index (χ3n) is 6.53. The van der Waals surface area contributed by atoms with E-state index in [-0.39, 0.29) is 23.9 Å². The fraction of sp³-hybridized carbons (Fsp3) is 0.308. The summed E-state index contributed by atoms with van der Waals surface area (Å²) >= 11 is 1.62. The van der Waals surface area contributed by atoms with Gasteiger partial charge in [-0.15, -0.1) is 11.3 Å². The van der Waals surface area contributed by atoms with Crippen LogP contribution in [0.3, 0.4) is 0 Å². The van der Waals surface area contributed by atoms with Crippen molar-refractivity contribution < 1.29 is 9.59 Å². The lowest BCUT2D eigenvalue weighted by Gasteiger charge is -2.44. The number of nitrogens with zero attached hydrogens (tertiary/aromatic N) is 1. The number of hydrogen-bond acceptors (Lipinski definition) is 3. The van der Waals surface area contributed by atoms with Gasteiger partial charge in [0.1, 0.15) is 0 Å². The van der Waals surface area contributed by atoms with E-state index in [9.17, 15) is 9.59 Å². The quantitative estimate of drug-likeness (QED) is 0.559. The topological polar surface area (TPSA) is 49.4 Å². The summed E-state index contributed by atoms with van der Waals surface area (Å²) in [4.78, 5) is 30.5. The number of benzene rings is 2. The molecule has 0 radical (unpaired) electrons. The van der Waals surface area contributed by atoms with Crippen LogP contribution in [0.4, 0.5) is 5.69 Å². The van der Waals surface area contributed by atoms with E-state index in [0.29, 0.717) is 5.56 Å². The Bertz CT molecular complexity index is 1080. The Balaban J connectivity index is 1.61. The molecule has 2 aliphatic rings. The zero-order valence-corrected chi connectivity index (χ0v) is 18.4. The number of fused-ring (bicyclic) bond motifs is 1. The fourth-order valence-corrected chi connectivity index (χ4v) is 5.90. The van der Waals surface area contributed by atoms with E-state index in [4.69, 9.17) is 0 Å². The van der Waals surface area contributed by atoms with Gasteiger partial charge in [0, 0.05) is 22.2 Å². The van der Waals surface area contributed by atoms with Crippen LogP contribution in [0.1, 0.15) is 64.0 Å². The number of aryl methyl sites for hydroxylation is 1.